The Morgan fingerprint density at radius 3 is 2.52 bits per heavy atom. The summed E-state index contributed by atoms with van der Waals surface area (Å²) in [5, 5.41) is 20.2. The first kappa shape index (κ1) is 19.4. The minimum atomic E-state index is -0.193. The summed E-state index contributed by atoms with van der Waals surface area (Å²) in [7, 11) is 0. The van der Waals surface area contributed by atoms with Crippen molar-refractivity contribution in [3.8, 4) is 11.3 Å². The number of aromatic nitrogens is 5. The molecule has 1 fully saturated rings. The van der Waals surface area contributed by atoms with Gasteiger partial charge < -0.3 is 5.32 Å². The lowest BCUT2D eigenvalue weighted by atomic mass is 10.1. The number of benzene rings is 3. The van der Waals surface area contributed by atoms with Crippen LogP contribution >= 0.6 is 0 Å². The highest BCUT2D eigenvalue weighted by atomic mass is 16.1. The van der Waals surface area contributed by atoms with Crippen LogP contribution in [-0.4, -0.2) is 31.1 Å². The van der Waals surface area contributed by atoms with Gasteiger partial charge in [-0.1, -0.05) is 59.8 Å². The van der Waals surface area contributed by atoms with Crippen LogP contribution in [0.25, 0.3) is 22.2 Å². The van der Waals surface area contributed by atoms with E-state index in [-0.39, 0.29) is 5.91 Å². The normalized spacial score (nSPS) is 13.3. The average Bonchev–Trinajstić information content (AvgIpc) is 3.50. The Bertz CT molecular complexity index is 1430. The molecule has 0 bridgehead atoms. The highest BCUT2D eigenvalue weighted by Gasteiger charge is 2.32. The number of hydrogen-bond acceptors (Lipinski definition) is 4. The largest absolute Gasteiger partial charge is 0.305 e. The summed E-state index contributed by atoms with van der Waals surface area (Å²) in [6.07, 6.45) is 2.31. The van der Waals surface area contributed by atoms with Gasteiger partial charge >= 0.3 is 0 Å². The fraction of sp³-hybridized carbons (Fsp3) is 0.154. The molecule has 2 heterocycles. The zero-order valence-electron chi connectivity index (χ0n) is 17.9. The number of nitrogens with one attached hydrogen (secondary N) is 2. The first-order valence-corrected chi connectivity index (χ1v) is 11.1. The molecule has 2 N–H and O–H groups in total. The number of hydrogen-bond donors (Lipinski definition) is 2. The zero-order chi connectivity index (χ0) is 22.2. The van der Waals surface area contributed by atoms with Crippen LogP contribution in [-0.2, 0) is 6.54 Å². The van der Waals surface area contributed by atoms with E-state index in [0.29, 0.717) is 23.8 Å². The van der Waals surface area contributed by atoms with Gasteiger partial charge in [-0.2, -0.15) is 5.10 Å². The van der Waals surface area contributed by atoms with Gasteiger partial charge in [0.05, 0.1) is 17.8 Å². The van der Waals surface area contributed by atoms with E-state index in [0.717, 1.165) is 35.0 Å². The summed E-state index contributed by atoms with van der Waals surface area (Å²) < 4.78 is 2.03. The maximum Gasteiger partial charge on any atom is 0.256 e. The number of rotatable bonds is 6. The van der Waals surface area contributed by atoms with E-state index < -0.39 is 0 Å². The summed E-state index contributed by atoms with van der Waals surface area (Å²) >= 11 is 0. The molecular weight excluding hydrogens is 412 g/mol. The minimum Gasteiger partial charge on any atom is -0.305 e. The molecule has 0 radical (unpaired) electrons. The van der Waals surface area contributed by atoms with E-state index in [9.17, 15) is 4.79 Å². The summed E-state index contributed by atoms with van der Waals surface area (Å²) in [6, 6.07) is 25.5. The van der Waals surface area contributed by atoms with Crippen LogP contribution in [0.1, 0.15) is 40.4 Å². The molecule has 33 heavy (non-hydrogen) atoms. The first-order valence-electron chi connectivity index (χ1n) is 11.1. The predicted molar refractivity (Wildman–Crippen MR) is 127 cm³/mol. The number of fused-ring (bicyclic) bond motifs is 1. The van der Waals surface area contributed by atoms with Crippen molar-refractivity contribution in [1.29, 1.82) is 0 Å². The molecule has 7 nitrogen and oxygen atoms in total. The van der Waals surface area contributed by atoms with E-state index in [2.05, 4.69) is 38.0 Å². The Balaban J connectivity index is 1.35. The molecule has 0 atom stereocenters. The van der Waals surface area contributed by atoms with Crippen LogP contribution < -0.4 is 5.32 Å². The second-order valence-electron chi connectivity index (χ2n) is 8.39. The van der Waals surface area contributed by atoms with Crippen molar-refractivity contribution in [2.24, 2.45) is 0 Å². The van der Waals surface area contributed by atoms with Gasteiger partial charge in [-0.15, -0.1) is 5.10 Å². The number of H-pyrrole nitrogens is 1. The molecule has 0 aliphatic heterocycles. The third kappa shape index (κ3) is 3.78. The zero-order valence-corrected chi connectivity index (χ0v) is 17.9. The molecule has 3 aromatic carbocycles. The van der Waals surface area contributed by atoms with Crippen molar-refractivity contribution in [3.05, 3.63) is 95.7 Å². The van der Waals surface area contributed by atoms with Gasteiger partial charge in [-0.3, -0.25) is 9.89 Å². The van der Waals surface area contributed by atoms with Gasteiger partial charge in [-0.05, 0) is 42.7 Å². The van der Waals surface area contributed by atoms with Crippen LogP contribution in [0.4, 0.5) is 5.82 Å². The van der Waals surface area contributed by atoms with E-state index in [1.807, 2.05) is 59.3 Å². The summed E-state index contributed by atoms with van der Waals surface area (Å²) in [6.45, 7) is 0.700. The molecule has 1 saturated carbocycles. The molecule has 0 spiro atoms. The Hall–Kier alpha value is -4.26. The molecule has 0 unspecified atom stereocenters. The Labute approximate surface area is 190 Å². The van der Waals surface area contributed by atoms with Crippen molar-refractivity contribution >= 4 is 22.6 Å². The molecule has 1 aliphatic rings. The van der Waals surface area contributed by atoms with Crippen molar-refractivity contribution in [2.75, 3.05) is 5.32 Å². The number of carbonyl (C=O) groups is 1. The van der Waals surface area contributed by atoms with Gasteiger partial charge in [0.1, 0.15) is 5.69 Å². The number of aromatic amines is 1. The number of nitrogens with zero attached hydrogens (tertiary/aromatic N) is 4. The molecule has 0 saturated heterocycles. The van der Waals surface area contributed by atoms with Gasteiger partial charge in [0.15, 0.2) is 5.82 Å². The summed E-state index contributed by atoms with van der Waals surface area (Å²) in [5.41, 5.74) is 5.69. The predicted octanol–water partition coefficient (Wildman–Crippen LogP) is 5.00. The summed E-state index contributed by atoms with van der Waals surface area (Å²) in [5.74, 6) is 0.795. The maximum absolute atomic E-state index is 12.6. The van der Waals surface area contributed by atoms with Crippen LogP contribution in [0.5, 0.6) is 0 Å². The van der Waals surface area contributed by atoms with Crippen molar-refractivity contribution in [1.82, 2.24) is 25.2 Å². The average molecular weight is 435 g/mol. The molecule has 7 heteroatoms. The van der Waals surface area contributed by atoms with E-state index >= 15 is 0 Å². The second kappa shape index (κ2) is 8.02. The third-order valence-corrected chi connectivity index (χ3v) is 6.02. The molecule has 2 aromatic heterocycles. The molecule has 162 valence electrons. The van der Waals surface area contributed by atoms with Crippen LogP contribution in [0.2, 0.25) is 0 Å². The van der Waals surface area contributed by atoms with Crippen LogP contribution in [0, 0.1) is 0 Å². The quantitative estimate of drug-likeness (QED) is 0.394. The Kier molecular flexibility index (Phi) is 4.72. The lowest BCUT2D eigenvalue weighted by molar-refractivity contribution is 0.102. The number of anilines is 1. The van der Waals surface area contributed by atoms with Gasteiger partial charge in [0.25, 0.3) is 5.91 Å². The van der Waals surface area contributed by atoms with E-state index in [4.69, 9.17) is 0 Å². The molecule has 5 aromatic rings. The van der Waals surface area contributed by atoms with Gasteiger partial charge in [-0.25, -0.2) is 4.68 Å². The Morgan fingerprint density at radius 1 is 1.00 bits per heavy atom. The van der Waals surface area contributed by atoms with E-state index in [1.165, 1.54) is 11.3 Å². The second-order valence-corrected chi connectivity index (χ2v) is 8.39. The summed E-state index contributed by atoms with van der Waals surface area (Å²) in [4.78, 5) is 12.6. The number of carbonyl (C=O) groups excluding carboxylic acids is 1. The molecule has 6 rings (SSSR count). The highest BCUT2D eigenvalue weighted by molar-refractivity contribution is 6.08. The molecular formula is C26H22N6O. The lowest BCUT2D eigenvalue weighted by Gasteiger charge is -2.08. The number of amides is 1. The standard InChI is InChI=1S/C26H22N6O/c33-26(19-9-5-2-6-10-19)27-25-21-15-20(13-14-22(21)28-30-25)23-24(18-11-12-18)32(31-29-23)16-17-7-3-1-4-8-17/h1-10,13-15,18H,11-12,16H2,(H2,27,28,30,33). The van der Waals surface area contributed by atoms with Crippen LogP contribution in [0.3, 0.4) is 0 Å². The first-order chi connectivity index (χ1) is 16.3. The van der Waals surface area contributed by atoms with Gasteiger partial charge in [0.2, 0.25) is 0 Å². The Morgan fingerprint density at radius 2 is 1.76 bits per heavy atom. The SMILES string of the molecule is O=C(Nc1n[nH]c2ccc(-c3nnn(Cc4ccccc4)c3C3CC3)cc12)c1ccccc1. The fourth-order valence-electron chi connectivity index (χ4n) is 4.19. The molecule has 1 aliphatic carbocycles. The van der Waals surface area contributed by atoms with Crippen molar-refractivity contribution in [3.63, 3.8) is 0 Å². The monoisotopic (exact) mass is 434 g/mol. The fourth-order valence-corrected chi connectivity index (χ4v) is 4.19. The third-order valence-electron chi connectivity index (χ3n) is 6.02. The molecule has 1 amide bonds. The lowest BCUT2D eigenvalue weighted by Crippen LogP contribution is -2.12. The van der Waals surface area contributed by atoms with Crippen LogP contribution in [0.15, 0.2) is 78.9 Å². The van der Waals surface area contributed by atoms with Gasteiger partial charge in [0, 0.05) is 22.4 Å². The van der Waals surface area contributed by atoms with Crippen molar-refractivity contribution < 1.29 is 4.79 Å². The van der Waals surface area contributed by atoms with Crippen molar-refractivity contribution in [2.45, 2.75) is 25.3 Å². The minimum absolute atomic E-state index is 0.193. The highest BCUT2D eigenvalue weighted by Crippen LogP contribution is 2.44. The smallest absolute Gasteiger partial charge is 0.256 e. The maximum atomic E-state index is 12.6. The topological polar surface area (TPSA) is 88.5 Å². The van der Waals surface area contributed by atoms with E-state index in [1.54, 1.807) is 12.1 Å².